The summed E-state index contributed by atoms with van der Waals surface area (Å²) < 4.78 is 20.8. The SMILES string of the molecule is CC1(C)Oc2ccccc2-c2ccc(-c3ccc(-c4nc(-c5ccccc5)nc(-c5cccc(-c6ccccc6)c5)n4)cc3-c3ccc(F)cc3)cc21. The molecular weight excluding hydrogens is 654 g/mol. The van der Waals surface area contributed by atoms with Crippen molar-refractivity contribution in [3.8, 4) is 84.4 Å². The lowest BCUT2D eigenvalue weighted by Crippen LogP contribution is -2.29. The number of fused-ring (bicyclic) bond motifs is 3. The Bertz CT molecular complexity index is 2620. The van der Waals surface area contributed by atoms with Gasteiger partial charge in [0.1, 0.15) is 17.2 Å². The van der Waals surface area contributed by atoms with Crippen molar-refractivity contribution in [1.29, 1.82) is 0 Å². The zero-order chi connectivity index (χ0) is 35.9. The van der Waals surface area contributed by atoms with Crippen LogP contribution in [0.4, 0.5) is 4.39 Å². The summed E-state index contributed by atoms with van der Waals surface area (Å²) >= 11 is 0. The van der Waals surface area contributed by atoms with Gasteiger partial charge in [-0.2, -0.15) is 0 Å². The molecule has 0 saturated carbocycles. The monoisotopic (exact) mass is 687 g/mol. The predicted molar refractivity (Wildman–Crippen MR) is 211 cm³/mol. The van der Waals surface area contributed by atoms with Crippen molar-refractivity contribution in [2.75, 3.05) is 0 Å². The summed E-state index contributed by atoms with van der Waals surface area (Å²) in [4.78, 5) is 15.1. The maximum atomic E-state index is 14.3. The van der Waals surface area contributed by atoms with E-state index in [1.165, 1.54) is 12.1 Å². The summed E-state index contributed by atoms with van der Waals surface area (Å²) in [6.07, 6.45) is 0. The van der Waals surface area contributed by atoms with E-state index in [2.05, 4.69) is 80.6 Å². The molecule has 8 aromatic rings. The molecule has 0 bridgehead atoms. The van der Waals surface area contributed by atoms with Crippen molar-refractivity contribution in [2.45, 2.75) is 19.4 Å². The van der Waals surface area contributed by atoms with Crippen LogP contribution >= 0.6 is 0 Å². The Morgan fingerprint density at radius 1 is 0.396 bits per heavy atom. The molecule has 254 valence electrons. The van der Waals surface area contributed by atoms with Gasteiger partial charge in [-0.25, -0.2) is 19.3 Å². The predicted octanol–water partition coefficient (Wildman–Crippen LogP) is 12.3. The van der Waals surface area contributed by atoms with Gasteiger partial charge in [-0.3, -0.25) is 0 Å². The molecule has 0 unspecified atom stereocenters. The van der Waals surface area contributed by atoms with Gasteiger partial charge >= 0.3 is 0 Å². The van der Waals surface area contributed by atoms with Gasteiger partial charge in [0.2, 0.25) is 0 Å². The molecule has 0 aliphatic carbocycles. The lowest BCUT2D eigenvalue weighted by Gasteiger charge is -2.35. The van der Waals surface area contributed by atoms with E-state index in [4.69, 9.17) is 19.7 Å². The van der Waals surface area contributed by atoms with Crippen molar-refractivity contribution in [3.63, 3.8) is 0 Å². The average molecular weight is 688 g/mol. The average Bonchev–Trinajstić information content (AvgIpc) is 3.21. The molecule has 53 heavy (non-hydrogen) atoms. The molecular formula is C48H34FN3O. The highest BCUT2D eigenvalue weighted by molar-refractivity contribution is 5.89. The number of halogens is 1. The Balaban J connectivity index is 1.21. The topological polar surface area (TPSA) is 47.9 Å². The van der Waals surface area contributed by atoms with Crippen LogP contribution in [0.5, 0.6) is 5.75 Å². The van der Waals surface area contributed by atoms with E-state index in [-0.39, 0.29) is 5.82 Å². The molecule has 0 N–H and O–H groups in total. The molecule has 2 heterocycles. The van der Waals surface area contributed by atoms with Crippen molar-refractivity contribution in [1.82, 2.24) is 15.0 Å². The second-order valence-corrected chi connectivity index (χ2v) is 13.8. The van der Waals surface area contributed by atoms with Crippen LogP contribution in [0.25, 0.3) is 78.7 Å². The maximum absolute atomic E-state index is 14.3. The first-order chi connectivity index (χ1) is 25.9. The third-order valence-corrected chi connectivity index (χ3v) is 9.85. The normalized spacial score (nSPS) is 12.7. The zero-order valence-electron chi connectivity index (χ0n) is 29.3. The molecule has 0 saturated heterocycles. The number of nitrogens with zero attached hydrogens (tertiary/aromatic N) is 3. The fourth-order valence-corrected chi connectivity index (χ4v) is 7.18. The van der Waals surface area contributed by atoms with Crippen molar-refractivity contribution >= 4 is 0 Å². The van der Waals surface area contributed by atoms with Gasteiger partial charge < -0.3 is 4.74 Å². The zero-order valence-corrected chi connectivity index (χ0v) is 29.3. The molecule has 0 radical (unpaired) electrons. The first kappa shape index (κ1) is 32.2. The first-order valence-electron chi connectivity index (χ1n) is 17.7. The van der Waals surface area contributed by atoms with E-state index in [1.807, 2.05) is 91.0 Å². The molecule has 0 atom stereocenters. The molecule has 0 spiro atoms. The second-order valence-electron chi connectivity index (χ2n) is 13.8. The van der Waals surface area contributed by atoms with Gasteiger partial charge in [0.25, 0.3) is 0 Å². The van der Waals surface area contributed by atoms with Crippen LogP contribution in [0.3, 0.4) is 0 Å². The van der Waals surface area contributed by atoms with Crippen LogP contribution < -0.4 is 4.74 Å². The third kappa shape index (κ3) is 6.17. The summed E-state index contributed by atoms with van der Waals surface area (Å²) in [6, 6.07) is 56.2. The molecule has 0 amide bonds. The Morgan fingerprint density at radius 2 is 0.943 bits per heavy atom. The number of aromatic nitrogens is 3. The minimum Gasteiger partial charge on any atom is -0.482 e. The summed E-state index contributed by atoms with van der Waals surface area (Å²) in [7, 11) is 0. The standard InChI is InChI=1S/C48H34FN3O/c1-48(2)43-30-35(22-27-40(43)41-18-9-10-19-44(41)53-48)39-26-23-37(29-42(39)32-20-24-38(49)25-21-32)47-51-45(33-14-7-4-8-15-33)50-46(52-47)36-17-11-16-34(28-36)31-12-5-3-6-13-31/h3-30H,1-2H3. The first-order valence-corrected chi connectivity index (χ1v) is 17.7. The van der Waals surface area contributed by atoms with Crippen molar-refractivity contribution in [3.05, 3.63) is 181 Å². The van der Waals surface area contributed by atoms with Gasteiger partial charge in [0, 0.05) is 27.8 Å². The van der Waals surface area contributed by atoms with Crippen LogP contribution in [0.2, 0.25) is 0 Å². The molecule has 4 nitrogen and oxygen atoms in total. The van der Waals surface area contributed by atoms with Crippen LogP contribution in [-0.2, 0) is 5.60 Å². The highest BCUT2D eigenvalue weighted by Crippen LogP contribution is 2.47. The lowest BCUT2D eigenvalue weighted by molar-refractivity contribution is 0.106. The molecule has 1 aliphatic heterocycles. The van der Waals surface area contributed by atoms with E-state index >= 15 is 0 Å². The fourth-order valence-electron chi connectivity index (χ4n) is 7.18. The number of hydrogen-bond donors (Lipinski definition) is 0. The highest BCUT2D eigenvalue weighted by Gasteiger charge is 2.33. The Morgan fingerprint density at radius 3 is 1.68 bits per heavy atom. The van der Waals surface area contributed by atoms with Gasteiger partial charge in [-0.05, 0) is 89.2 Å². The number of para-hydroxylation sites is 1. The number of rotatable bonds is 6. The van der Waals surface area contributed by atoms with Crippen molar-refractivity contribution in [2.24, 2.45) is 0 Å². The quantitative estimate of drug-likeness (QED) is 0.175. The summed E-state index contributed by atoms with van der Waals surface area (Å²) in [6.45, 7) is 4.21. The maximum Gasteiger partial charge on any atom is 0.164 e. The van der Waals surface area contributed by atoms with E-state index in [0.717, 1.165) is 72.5 Å². The smallest absolute Gasteiger partial charge is 0.164 e. The summed E-state index contributed by atoms with van der Waals surface area (Å²) in [5.74, 6) is 2.31. The Hall–Kier alpha value is -6.72. The molecule has 7 aromatic carbocycles. The minimum absolute atomic E-state index is 0.287. The van der Waals surface area contributed by atoms with Crippen molar-refractivity contribution < 1.29 is 9.13 Å². The van der Waals surface area contributed by atoms with Gasteiger partial charge in [0.05, 0.1) is 0 Å². The van der Waals surface area contributed by atoms with Gasteiger partial charge in [0.15, 0.2) is 17.5 Å². The number of benzene rings is 7. The Labute approximate surface area is 308 Å². The van der Waals surface area contributed by atoms with Gasteiger partial charge in [-0.1, -0.05) is 133 Å². The van der Waals surface area contributed by atoms with E-state index in [1.54, 1.807) is 0 Å². The fraction of sp³-hybridized carbons (Fsp3) is 0.0625. The van der Waals surface area contributed by atoms with Crippen LogP contribution in [0, 0.1) is 5.82 Å². The second kappa shape index (κ2) is 13.1. The van der Waals surface area contributed by atoms with Crippen LogP contribution in [-0.4, -0.2) is 15.0 Å². The third-order valence-electron chi connectivity index (χ3n) is 9.85. The van der Waals surface area contributed by atoms with E-state index < -0.39 is 5.60 Å². The molecule has 5 heteroatoms. The summed E-state index contributed by atoms with van der Waals surface area (Å²) in [5.41, 5.74) is 11.5. The molecule has 1 aliphatic rings. The van der Waals surface area contributed by atoms with Crippen LogP contribution in [0.1, 0.15) is 19.4 Å². The Kier molecular flexibility index (Phi) is 7.97. The van der Waals surface area contributed by atoms with E-state index in [9.17, 15) is 4.39 Å². The summed E-state index contributed by atoms with van der Waals surface area (Å²) in [5, 5.41) is 0. The lowest BCUT2D eigenvalue weighted by atomic mass is 9.83. The van der Waals surface area contributed by atoms with E-state index in [0.29, 0.717) is 17.5 Å². The number of hydrogen-bond acceptors (Lipinski definition) is 4. The highest BCUT2D eigenvalue weighted by atomic mass is 19.1. The van der Waals surface area contributed by atoms with Gasteiger partial charge in [-0.15, -0.1) is 0 Å². The molecule has 0 fully saturated rings. The largest absolute Gasteiger partial charge is 0.482 e. The molecule has 1 aromatic heterocycles. The minimum atomic E-state index is -0.539. The van der Waals surface area contributed by atoms with Crippen LogP contribution in [0.15, 0.2) is 170 Å². The molecule has 9 rings (SSSR count). The number of ether oxygens (including phenoxy) is 1.